The van der Waals surface area contributed by atoms with Crippen molar-refractivity contribution in [3.05, 3.63) is 65.7 Å². The molecule has 2 atom stereocenters. The first-order valence-corrected chi connectivity index (χ1v) is 6.80. The van der Waals surface area contributed by atoms with Gasteiger partial charge in [-0.15, -0.1) is 0 Å². The number of ether oxygens (including phenoxy) is 1. The number of para-hydroxylation sites is 1. The summed E-state index contributed by atoms with van der Waals surface area (Å²) in [5.41, 5.74) is 1.66. The molecule has 0 heterocycles. The minimum Gasteiger partial charge on any atom is -0.496 e. The highest BCUT2D eigenvalue weighted by atomic mass is 16.5. The average Bonchev–Trinajstić information content (AvgIpc) is 2.53. The van der Waals surface area contributed by atoms with Crippen LogP contribution in [0.1, 0.15) is 30.1 Å². The molecule has 2 rings (SSSR count). The SMILES string of the molecule is COc1ccccc1[C@@H](N[C@H](C)c1ccccc1)C(=O)O. The summed E-state index contributed by atoms with van der Waals surface area (Å²) in [6, 6.07) is 16.0. The normalized spacial score (nSPS) is 13.4. The van der Waals surface area contributed by atoms with Crippen LogP contribution in [0.3, 0.4) is 0 Å². The number of carbonyl (C=O) groups is 1. The molecule has 0 bridgehead atoms. The Bertz CT molecular complexity index is 598. The Hall–Kier alpha value is -2.33. The van der Waals surface area contributed by atoms with Crippen molar-refractivity contribution in [3.8, 4) is 5.75 Å². The predicted molar refractivity (Wildman–Crippen MR) is 81.4 cm³/mol. The van der Waals surface area contributed by atoms with Crippen molar-refractivity contribution in [2.24, 2.45) is 0 Å². The molecule has 0 radical (unpaired) electrons. The number of nitrogens with one attached hydrogen (secondary N) is 1. The van der Waals surface area contributed by atoms with Crippen LogP contribution in [-0.4, -0.2) is 18.2 Å². The molecule has 0 aliphatic rings. The van der Waals surface area contributed by atoms with E-state index in [0.29, 0.717) is 11.3 Å². The van der Waals surface area contributed by atoms with Gasteiger partial charge in [0.2, 0.25) is 0 Å². The zero-order valence-corrected chi connectivity index (χ0v) is 12.1. The van der Waals surface area contributed by atoms with Gasteiger partial charge < -0.3 is 9.84 Å². The second kappa shape index (κ2) is 6.90. The van der Waals surface area contributed by atoms with Gasteiger partial charge in [0.15, 0.2) is 0 Å². The van der Waals surface area contributed by atoms with Gasteiger partial charge in [-0.3, -0.25) is 10.1 Å². The van der Waals surface area contributed by atoms with Crippen molar-refractivity contribution < 1.29 is 14.6 Å². The number of carboxylic acid groups (broad SMARTS) is 1. The highest BCUT2D eigenvalue weighted by molar-refractivity contribution is 5.76. The largest absolute Gasteiger partial charge is 0.496 e. The van der Waals surface area contributed by atoms with Crippen molar-refractivity contribution in [1.29, 1.82) is 0 Å². The molecule has 21 heavy (non-hydrogen) atoms. The molecular weight excluding hydrogens is 266 g/mol. The van der Waals surface area contributed by atoms with Gasteiger partial charge in [0.25, 0.3) is 0 Å². The Morgan fingerprint density at radius 1 is 1.10 bits per heavy atom. The zero-order valence-electron chi connectivity index (χ0n) is 12.1. The Kier molecular flexibility index (Phi) is 4.95. The molecule has 4 nitrogen and oxygen atoms in total. The highest BCUT2D eigenvalue weighted by Gasteiger charge is 2.25. The Morgan fingerprint density at radius 3 is 2.33 bits per heavy atom. The van der Waals surface area contributed by atoms with Crippen molar-refractivity contribution >= 4 is 5.97 Å². The van der Waals surface area contributed by atoms with E-state index in [0.717, 1.165) is 5.56 Å². The number of benzene rings is 2. The maximum atomic E-state index is 11.6. The minimum absolute atomic E-state index is 0.0859. The second-order valence-electron chi connectivity index (χ2n) is 4.81. The molecule has 0 aliphatic heterocycles. The van der Waals surface area contributed by atoms with Crippen LogP contribution in [0.5, 0.6) is 5.75 Å². The fourth-order valence-electron chi connectivity index (χ4n) is 2.29. The molecule has 2 N–H and O–H groups in total. The maximum absolute atomic E-state index is 11.6. The van der Waals surface area contributed by atoms with E-state index in [4.69, 9.17) is 4.74 Å². The van der Waals surface area contributed by atoms with Crippen LogP contribution < -0.4 is 10.1 Å². The first-order valence-electron chi connectivity index (χ1n) is 6.80. The summed E-state index contributed by atoms with van der Waals surface area (Å²) in [5, 5.41) is 12.7. The number of aliphatic carboxylic acids is 1. The number of hydrogen-bond donors (Lipinski definition) is 2. The number of methoxy groups -OCH3 is 1. The van der Waals surface area contributed by atoms with Gasteiger partial charge >= 0.3 is 5.97 Å². The number of carboxylic acids is 1. The highest BCUT2D eigenvalue weighted by Crippen LogP contribution is 2.27. The fraction of sp³-hybridized carbons (Fsp3) is 0.235. The lowest BCUT2D eigenvalue weighted by Crippen LogP contribution is -2.31. The summed E-state index contributed by atoms with van der Waals surface area (Å²) in [6.07, 6.45) is 0. The molecule has 2 aromatic carbocycles. The number of hydrogen-bond acceptors (Lipinski definition) is 3. The molecule has 4 heteroatoms. The van der Waals surface area contributed by atoms with Gasteiger partial charge in [-0.25, -0.2) is 0 Å². The molecular formula is C17H19NO3. The molecule has 2 aromatic rings. The summed E-state index contributed by atoms with van der Waals surface area (Å²) < 4.78 is 5.26. The zero-order chi connectivity index (χ0) is 15.2. The summed E-state index contributed by atoms with van der Waals surface area (Å²) >= 11 is 0. The fourth-order valence-corrected chi connectivity index (χ4v) is 2.29. The van der Waals surface area contributed by atoms with E-state index >= 15 is 0 Å². The second-order valence-corrected chi connectivity index (χ2v) is 4.81. The first kappa shape index (κ1) is 15.1. The van der Waals surface area contributed by atoms with E-state index in [1.54, 1.807) is 19.2 Å². The van der Waals surface area contributed by atoms with Gasteiger partial charge in [-0.2, -0.15) is 0 Å². The summed E-state index contributed by atoms with van der Waals surface area (Å²) in [4.78, 5) is 11.6. The summed E-state index contributed by atoms with van der Waals surface area (Å²) in [7, 11) is 1.54. The molecule has 0 fully saturated rings. The van der Waals surface area contributed by atoms with Crippen LogP contribution in [-0.2, 0) is 4.79 Å². The molecule has 0 saturated heterocycles. The van der Waals surface area contributed by atoms with E-state index in [1.807, 2.05) is 49.4 Å². The number of rotatable bonds is 6. The topological polar surface area (TPSA) is 58.6 Å². The third kappa shape index (κ3) is 3.61. The molecule has 0 saturated carbocycles. The summed E-state index contributed by atoms with van der Waals surface area (Å²) in [6.45, 7) is 1.95. The van der Waals surface area contributed by atoms with E-state index < -0.39 is 12.0 Å². The lowest BCUT2D eigenvalue weighted by atomic mass is 10.0. The van der Waals surface area contributed by atoms with Crippen LogP contribution in [0.4, 0.5) is 0 Å². The lowest BCUT2D eigenvalue weighted by molar-refractivity contribution is -0.139. The monoisotopic (exact) mass is 285 g/mol. The molecule has 0 unspecified atom stereocenters. The molecule has 0 amide bonds. The third-order valence-electron chi connectivity index (χ3n) is 3.41. The third-order valence-corrected chi connectivity index (χ3v) is 3.41. The smallest absolute Gasteiger partial charge is 0.325 e. The van der Waals surface area contributed by atoms with Crippen LogP contribution >= 0.6 is 0 Å². The molecule has 110 valence electrons. The van der Waals surface area contributed by atoms with Gasteiger partial charge in [-0.1, -0.05) is 48.5 Å². The Labute approximate surface area is 124 Å². The Morgan fingerprint density at radius 2 is 1.71 bits per heavy atom. The Balaban J connectivity index is 2.26. The molecule has 0 aromatic heterocycles. The van der Waals surface area contributed by atoms with Crippen LogP contribution in [0.15, 0.2) is 54.6 Å². The van der Waals surface area contributed by atoms with Crippen molar-refractivity contribution in [2.75, 3.05) is 7.11 Å². The van der Waals surface area contributed by atoms with Gasteiger partial charge in [0, 0.05) is 11.6 Å². The lowest BCUT2D eigenvalue weighted by Gasteiger charge is -2.22. The van der Waals surface area contributed by atoms with Crippen molar-refractivity contribution in [2.45, 2.75) is 19.0 Å². The maximum Gasteiger partial charge on any atom is 0.325 e. The molecule has 0 spiro atoms. The first-order chi connectivity index (χ1) is 10.1. The van der Waals surface area contributed by atoms with Gasteiger partial charge in [0.05, 0.1) is 7.11 Å². The quantitative estimate of drug-likeness (QED) is 0.856. The average molecular weight is 285 g/mol. The van der Waals surface area contributed by atoms with Crippen molar-refractivity contribution in [1.82, 2.24) is 5.32 Å². The van der Waals surface area contributed by atoms with Gasteiger partial charge in [0.1, 0.15) is 11.8 Å². The van der Waals surface area contributed by atoms with E-state index in [1.165, 1.54) is 0 Å². The van der Waals surface area contributed by atoms with E-state index in [9.17, 15) is 9.90 Å². The van der Waals surface area contributed by atoms with E-state index in [2.05, 4.69) is 5.32 Å². The molecule has 0 aliphatic carbocycles. The van der Waals surface area contributed by atoms with Crippen LogP contribution in [0.25, 0.3) is 0 Å². The van der Waals surface area contributed by atoms with Crippen molar-refractivity contribution in [3.63, 3.8) is 0 Å². The summed E-state index contributed by atoms with van der Waals surface area (Å²) in [5.74, 6) is -0.361. The van der Waals surface area contributed by atoms with Crippen LogP contribution in [0, 0.1) is 0 Å². The van der Waals surface area contributed by atoms with E-state index in [-0.39, 0.29) is 6.04 Å². The standard InChI is InChI=1S/C17H19NO3/c1-12(13-8-4-3-5-9-13)18-16(17(19)20)14-10-6-7-11-15(14)21-2/h3-12,16,18H,1-2H3,(H,19,20)/t12-,16-/m1/s1. The minimum atomic E-state index is -0.928. The predicted octanol–water partition coefficient (Wildman–Crippen LogP) is 3.17. The van der Waals surface area contributed by atoms with Gasteiger partial charge in [-0.05, 0) is 18.6 Å². The van der Waals surface area contributed by atoms with Crippen LogP contribution in [0.2, 0.25) is 0 Å².